The van der Waals surface area contributed by atoms with Crippen molar-refractivity contribution in [3.63, 3.8) is 0 Å². The Morgan fingerprint density at radius 1 is 0.943 bits per heavy atom. The van der Waals surface area contributed by atoms with E-state index in [0.717, 1.165) is 17.6 Å². The van der Waals surface area contributed by atoms with E-state index in [2.05, 4.69) is 39.9 Å². The number of aryl methyl sites for hydroxylation is 1. The van der Waals surface area contributed by atoms with E-state index in [1.54, 1.807) is 23.0 Å². The molecular weight excluding hydrogens is 462 g/mol. The van der Waals surface area contributed by atoms with Gasteiger partial charge in [0.2, 0.25) is 0 Å². The number of methoxy groups -OCH3 is 2. The summed E-state index contributed by atoms with van der Waals surface area (Å²) in [6.45, 7) is 2.19. The monoisotopic (exact) mass is 489 g/mol. The predicted octanol–water partition coefficient (Wildman–Crippen LogP) is 4.91. The summed E-state index contributed by atoms with van der Waals surface area (Å²) >= 11 is 5.33. The largest absolute Gasteiger partial charge is 0.493 e. The van der Waals surface area contributed by atoms with Crippen LogP contribution >= 0.6 is 12.2 Å². The van der Waals surface area contributed by atoms with Gasteiger partial charge < -0.3 is 14.8 Å². The molecule has 0 saturated heterocycles. The van der Waals surface area contributed by atoms with Gasteiger partial charge in [-0.3, -0.25) is 10.1 Å². The number of aromatic nitrogens is 3. The molecule has 0 unspecified atom stereocenters. The molecule has 0 spiro atoms. The number of benzene rings is 3. The molecule has 0 bridgehead atoms. The van der Waals surface area contributed by atoms with Crippen molar-refractivity contribution in [1.82, 2.24) is 20.3 Å². The fraction of sp³-hybridized carbons (Fsp3) is 0.231. The van der Waals surface area contributed by atoms with Crippen LogP contribution in [0.15, 0.2) is 60.7 Å². The lowest BCUT2D eigenvalue weighted by molar-refractivity contribution is 0.0977. The molecule has 180 valence electrons. The van der Waals surface area contributed by atoms with Crippen molar-refractivity contribution in [2.45, 2.75) is 26.2 Å². The maximum absolute atomic E-state index is 12.6. The Balaban J connectivity index is 1.43. The van der Waals surface area contributed by atoms with Crippen LogP contribution in [0.5, 0.6) is 11.5 Å². The number of fused-ring (bicyclic) bond motifs is 1. The number of ether oxygens (including phenoxy) is 2. The van der Waals surface area contributed by atoms with Crippen LogP contribution in [0.2, 0.25) is 0 Å². The van der Waals surface area contributed by atoms with Gasteiger partial charge >= 0.3 is 0 Å². The quantitative estimate of drug-likeness (QED) is 0.340. The summed E-state index contributed by atoms with van der Waals surface area (Å²) in [5.41, 5.74) is 4.75. The van der Waals surface area contributed by atoms with Gasteiger partial charge in [-0.05, 0) is 79.2 Å². The van der Waals surface area contributed by atoms with Crippen LogP contribution in [0, 0.1) is 0 Å². The van der Waals surface area contributed by atoms with Gasteiger partial charge in [0.1, 0.15) is 11.0 Å². The highest BCUT2D eigenvalue weighted by atomic mass is 32.1. The topological polar surface area (TPSA) is 90.3 Å². The van der Waals surface area contributed by atoms with Crippen LogP contribution in [0.3, 0.4) is 0 Å². The van der Waals surface area contributed by atoms with E-state index in [0.29, 0.717) is 28.3 Å². The Morgan fingerprint density at radius 3 is 2.40 bits per heavy atom. The molecule has 0 aliphatic rings. The van der Waals surface area contributed by atoms with Crippen LogP contribution in [0.1, 0.15) is 35.7 Å². The smallest absolute Gasteiger partial charge is 0.257 e. The number of rotatable bonds is 8. The normalized spacial score (nSPS) is 10.7. The van der Waals surface area contributed by atoms with E-state index in [9.17, 15) is 4.79 Å². The van der Waals surface area contributed by atoms with Crippen LogP contribution in [0.25, 0.3) is 16.7 Å². The van der Waals surface area contributed by atoms with Crippen LogP contribution in [-0.4, -0.2) is 40.2 Å². The van der Waals surface area contributed by atoms with E-state index >= 15 is 0 Å². The number of amides is 1. The van der Waals surface area contributed by atoms with Gasteiger partial charge in [0.15, 0.2) is 16.6 Å². The highest BCUT2D eigenvalue weighted by Crippen LogP contribution is 2.27. The molecule has 35 heavy (non-hydrogen) atoms. The van der Waals surface area contributed by atoms with Crippen molar-refractivity contribution < 1.29 is 14.3 Å². The maximum Gasteiger partial charge on any atom is 0.257 e. The number of nitrogens with zero attached hydrogens (tertiary/aromatic N) is 3. The Bertz CT molecular complexity index is 1350. The maximum atomic E-state index is 12.6. The zero-order valence-electron chi connectivity index (χ0n) is 19.9. The zero-order chi connectivity index (χ0) is 24.8. The molecular formula is C26H27N5O3S. The molecule has 0 saturated carbocycles. The molecule has 0 aliphatic heterocycles. The Kier molecular flexibility index (Phi) is 7.57. The minimum Gasteiger partial charge on any atom is -0.493 e. The Hall–Kier alpha value is -3.98. The first kappa shape index (κ1) is 24.2. The van der Waals surface area contributed by atoms with Crippen molar-refractivity contribution in [2.24, 2.45) is 0 Å². The molecule has 0 fully saturated rings. The average Bonchev–Trinajstić information content (AvgIpc) is 3.30. The summed E-state index contributed by atoms with van der Waals surface area (Å²) in [4.78, 5) is 14.2. The fourth-order valence-corrected chi connectivity index (χ4v) is 3.81. The van der Waals surface area contributed by atoms with Crippen molar-refractivity contribution in [2.75, 3.05) is 19.5 Å². The SMILES string of the molecule is CCCCc1ccc(-n2nc3ccc(NC(=S)NC(=O)c4ccc(OC)c(OC)c4)cc3n2)cc1. The van der Waals surface area contributed by atoms with Gasteiger partial charge in [0.25, 0.3) is 5.91 Å². The number of carbonyl (C=O) groups is 1. The number of nitrogens with one attached hydrogen (secondary N) is 2. The number of thiocarbonyl (C=S) groups is 1. The van der Waals surface area contributed by atoms with E-state index in [-0.39, 0.29) is 11.0 Å². The zero-order valence-corrected chi connectivity index (χ0v) is 20.7. The van der Waals surface area contributed by atoms with Crippen molar-refractivity contribution >= 4 is 40.0 Å². The molecule has 4 rings (SSSR count). The molecule has 8 nitrogen and oxygen atoms in total. The first-order valence-electron chi connectivity index (χ1n) is 11.3. The third kappa shape index (κ3) is 5.75. The van der Waals surface area contributed by atoms with Crippen LogP contribution < -0.4 is 20.1 Å². The minimum atomic E-state index is -0.363. The molecule has 1 heterocycles. The Morgan fingerprint density at radius 2 is 1.69 bits per heavy atom. The number of anilines is 1. The molecule has 9 heteroatoms. The first-order valence-corrected chi connectivity index (χ1v) is 11.7. The molecule has 3 aromatic carbocycles. The lowest BCUT2D eigenvalue weighted by Crippen LogP contribution is -2.34. The van der Waals surface area contributed by atoms with Crippen molar-refractivity contribution in [1.29, 1.82) is 0 Å². The van der Waals surface area contributed by atoms with Gasteiger partial charge in [0, 0.05) is 11.3 Å². The van der Waals surface area contributed by atoms with Gasteiger partial charge in [-0.25, -0.2) is 0 Å². The second kappa shape index (κ2) is 11.0. The summed E-state index contributed by atoms with van der Waals surface area (Å²) in [6, 6.07) is 18.7. The lowest BCUT2D eigenvalue weighted by Gasteiger charge is -2.11. The van der Waals surface area contributed by atoms with Crippen molar-refractivity contribution in [3.05, 3.63) is 71.8 Å². The molecule has 1 amide bonds. The summed E-state index contributed by atoms with van der Waals surface area (Å²) in [5, 5.41) is 15.0. The first-order chi connectivity index (χ1) is 17.0. The van der Waals surface area contributed by atoms with Gasteiger partial charge in [0.05, 0.1) is 19.9 Å². The second-order valence-electron chi connectivity index (χ2n) is 7.94. The standard InChI is InChI=1S/C26H27N5O3S/c1-4-5-6-17-7-11-20(12-8-17)31-29-21-13-10-19(16-22(21)30-31)27-26(35)28-25(32)18-9-14-23(33-2)24(15-18)34-3/h7-16H,4-6H2,1-3H3,(H2,27,28,32,35). The molecule has 2 N–H and O–H groups in total. The number of hydrogen-bond donors (Lipinski definition) is 2. The van der Waals surface area contributed by atoms with E-state index in [4.69, 9.17) is 21.7 Å². The van der Waals surface area contributed by atoms with Gasteiger partial charge in [-0.15, -0.1) is 10.2 Å². The van der Waals surface area contributed by atoms with Gasteiger partial charge in [-0.2, -0.15) is 4.80 Å². The van der Waals surface area contributed by atoms with Gasteiger partial charge in [-0.1, -0.05) is 25.5 Å². The van der Waals surface area contributed by atoms with Crippen LogP contribution in [0.4, 0.5) is 5.69 Å². The molecule has 1 aromatic heterocycles. The average molecular weight is 490 g/mol. The summed E-state index contributed by atoms with van der Waals surface area (Å²) < 4.78 is 10.5. The highest BCUT2D eigenvalue weighted by Gasteiger charge is 2.13. The molecule has 0 aliphatic carbocycles. The minimum absolute atomic E-state index is 0.166. The Labute approximate surface area is 209 Å². The van der Waals surface area contributed by atoms with E-state index in [1.165, 1.54) is 32.6 Å². The summed E-state index contributed by atoms with van der Waals surface area (Å²) in [7, 11) is 3.05. The molecule has 0 radical (unpaired) electrons. The highest BCUT2D eigenvalue weighted by molar-refractivity contribution is 7.80. The predicted molar refractivity (Wildman–Crippen MR) is 141 cm³/mol. The summed E-state index contributed by atoms with van der Waals surface area (Å²) in [6.07, 6.45) is 3.42. The van der Waals surface area contributed by atoms with Crippen molar-refractivity contribution in [3.8, 4) is 17.2 Å². The number of carbonyl (C=O) groups excluding carboxylic acids is 1. The lowest BCUT2D eigenvalue weighted by atomic mass is 10.1. The van der Waals surface area contributed by atoms with Crippen LogP contribution in [-0.2, 0) is 6.42 Å². The number of hydrogen-bond acceptors (Lipinski definition) is 6. The molecule has 4 aromatic rings. The summed E-state index contributed by atoms with van der Waals surface area (Å²) in [5.74, 6) is 0.638. The second-order valence-corrected chi connectivity index (χ2v) is 8.35. The fourth-order valence-electron chi connectivity index (χ4n) is 3.60. The van der Waals surface area contributed by atoms with E-state index in [1.807, 2.05) is 30.3 Å². The molecule has 0 atom stereocenters. The third-order valence-electron chi connectivity index (χ3n) is 5.50. The number of unbranched alkanes of at least 4 members (excludes halogenated alkanes) is 1. The van der Waals surface area contributed by atoms with E-state index < -0.39 is 0 Å². The third-order valence-corrected chi connectivity index (χ3v) is 5.70.